The molecule has 0 aromatic heterocycles. The third-order valence-electron chi connectivity index (χ3n) is 5.58. The summed E-state index contributed by atoms with van der Waals surface area (Å²) in [7, 11) is 0. The van der Waals surface area contributed by atoms with Gasteiger partial charge in [-0.05, 0) is 28.8 Å². The molecule has 1 amide bonds. The fraction of sp³-hybridized carbons (Fsp3) is 0.240. The molecule has 1 fully saturated rings. The number of benzene rings is 3. The van der Waals surface area contributed by atoms with E-state index in [9.17, 15) is 4.79 Å². The van der Waals surface area contributed by atoms with Crippen LogP contribution in [-0.4, -0.2) is 41.9 Å². The van der Waals surface area contributed by atoms with Crippen molar-refractivity contribution in [3.05, 3.63) is 102 Å². The number of piperazine rings is 1. The van der Waals surface area contributed by atoms with Crippen molar-refractivity contribution in [1.82, 2.24) is 9.80 Å². The van der Waals surface area contributed by atoms with Crippen LogP contribution in [0.5, 0.6) is 0 Å². The first-order valence-electron chi connectivity index (χ1n) is 10.2. The van der Waals surface area contributed by atoms with Crippen LogP contribution in [0.4, 0.5) is 5.69 Å². The molecular formula is C25H27N3O. The first-order valence-corrected chi connectivity index (χ1v) is 10.2. The van der Waals surface area contributed by atoms with Crippen molar-refractivity contribution in [2.75, 3.05) is 31.9 Å². The van der Waals surface area contributed by atoms with Gasteiger partial charge in [-0.1, -0.05) is 72.8 Å². The fourth-order valence-electron chi connectivity index (χ4n) is 3.96. The van der Waals surface area contributed by atoms with E-state index < -0.39 is 0 Å². The minimum Gasteiger partial charge on any atom is -0.399 e. The fourth-order valence-corrected chi connectivity index (χ4v) is 3.96. The summed E-state index contributed by atoms with van der Waals surface area (Å²) in [6.07, 6.45) is 0. The number of hydrogen-bond donors (Lipinski definition) is 1. The van der Waals surface area contributed by atoms with Crippen LogP contribution in [-0.2, 0) is 11.3 Å². The largest absolute Gasteiger partial charge is 0.399 e. The summed E-state index contributed by atoms with van der Waals surface area (Å²) in [5, 5.41) is 0. The van der Waals surface area contributed by atoms with E-state index in [1.807, 2.05) is 77.7 Å². The number of hydrogen-bond acceptors (Lipinski definition) is 3. The third kappa shape index (κ3) is 4.66. The molecule has 4 rings (SSSR count). The molecule has 0 bridgehead atoms. The van der Waals surface area contributed by atoms with Gasteiger partial charge in [0.05, 0.1) is 5.92 Å². The number of carbonyl (C=O) groups excluding carboxylic acids is 1. The van der Waals surface area contributed by atoms with Gasteiger partial charge in [-0.2, -0.15) is 0 Å². The summed E-state index contributed by atoms with van der Waals surface area (Å²) in [6, 6.07) is 28.2. The molecule has 0 unspecified atom stereocenters. The number of carbonyl (C=O) groups is 1. The maximum absolute atomic E-state index is 13.5. The lowest BCUT2D eigenvalue weighted by Gasteiger charge is -2.36. The predicted octanol–water partition coefficient (Wildman–Crippen LogP) is 3.75. The quantitative estimate of drug-likeness (QED) is 0.681. The Balaban J connectivity index is 1.45. The highest BCUT2D eigenvalue weighted by Gasteiger charge is 2.29. The van der Waals surface area contributed by atoms with Crippen molar-refractivity contribution in [1.29, 1.82) is 0 Å². The Morgan fingerprint density at radius 3 is 1.79 bits per heavy atom. The van der Waals surface area contributed by atoms with E-state index in [0.717, 1.165) is 49.5 Å². The van der Waals surface area contributed by atoms with Crippen LogP contribution in [0, 0.1) is 0 Å². The molecule has 3 aromatic rings. The van der Waals surface area contributed by atoms with E-state index in [-0.39, 0.29) is 11.8 Å². The number of nitrogens with two attached hydrogens (primary N) is 1. The predicted molar refractivity (Wildman–Crippen MR) is 117 cm³/mol. The summed E-state index contributed by atoms with van der Waals surface area (Å²) in [6.45, 7) is 4.16. The van der Waals surface area contributed by atoms with Gasteiger partial charge in [0.25, 0.3) is 0 Å². The van der Waals surface area contributed by atoms with Gasteiger partial charge in [0.15, 0.2) is 0 Å². The lowest BCUT2D eigenvalue weighted by molar-refractivity contribution is -0.133. The molecule has 4 nitrogen and oxygen atoms in total. The van der Waals surface area contributed by atoms with Crippen molar-refractivity contribution >= 4 is 11.6 Å². The molecular weight excluding hydrogens is 358 g/mol. The van der Waals surface area contributed by atoms with Crippen LogP contribution < -0.4 is 5.73 Å². The number of rotatable bonds is 5. The second-order valence-corrected chi connectivity index (χ2v) is 7.60. The Morgan fingerprint density at radius 2 is 1.28 bits per heavy atom. The Morgan fingerprint density at radius 1 is 0.759 bits per heavy atom. The van der Waals surface area contributed by atoms with Crippen molar-refractivity contribution in [2.24, 2.45) is 0 Å². The van der Waals surface area contributed by atoms with Crippen LogP contribution >= 0.6 is 0 Å². The third-order valence-corrected chi connectivity index (χ3v) is 5.58. The van der Waals surface area contributed by atoms with E-state index >= 15 is 0 Å². The lowest BCUT2D eigenvalue weighted by atomic mass is 9.90. The van der Waals surface area contributed by atoms with Gasteiger partial charge < -0.3 is 10.6 Å². The molecule has 4 heteroatoms. The van der Waals surface area contributed by atoms with Crippen LogP contribution in [0.15, 0.2) is 84.9 Å². The van der Waals surface area contributed by atoms with Crippen LogP contribution in [0.3, 0.4) is 0 Å². The molecule has 2 N–H and O–H groups in total. The first kappa shape index (κ1) is 19.2. The Kier molecular flexibility index (Phi) is 5.92. The highest BCUT2D eigenvalue weighted by molar-refractivity contribution is 5.87. The maximum Gasteiger partial charge on any atom is 0.234 e. The number of nitrogens with zero attached hydrogens (tertiary/aromatic N) is 2. The second-order valence-electron chi connectivity index (χ2n) is 7.60. The minimum absolute atomic E-state index is 0.189. The average molecular weight is 386 g/mol. The summed E-state index contributed by atoms with van der Waals surface area (Å²) in [5.74, 6) is -0.0596. The summed E-state index contributed by atoms with van der Waals surface area (Å²) < 4.78 is 0. The molecule has 1 saturated heterocycles. The van der Waals surface area contributed by atoms with Crippen molar-refractivity contribution < 1.29 is 4.79 Å². The summed E-state index contributed by atoms with van der Waals surface area (Å²) in [4.78, 5) is 17.9. The molecule has 0 saturated carbocycles. The highest BCUT2D eigenvalue weighted by Crippen LogP contribution is 2.27. The number of nitrogen functional groups attached to an aromatic ring is 1. The topological polar surface area (TPSA) is 49.6 Å². The molecule has 0 spiro atoms. The van der Waals surface area contributed by atoms with E-state index in [4.69, 9.17) is 5.73 Å². The van der Waals surface area contributed by atoms with Crippen molar-refractivity contribution in [3.8, 4) is 0 Å². The smallest absolute Gasteiger partial charge is 0.234 e. The van der Waals surface area contributed by atoms with Crippen molar-refractivity contribution in [2.45, 2.75) is 12.5 Å². The van der Waals surface area contributed by atoms with Gasteiger partial charge in [-0.25, -0.2) is 0 Å². The standard InChI is InChI=1S/C25H27N3O/c26-23-13-11-20(12-14-23)19-27-15-17-28(18-16-27)25(29)24(21-7-3-1-4-8-21)22-9-5-2-6-10-22/h1-14,24H,15-19,26H2. The molecule has 0 atom stereocenters. The normalized spacial score (nSPS) is 14.9. The number of anilines is 1. The SMILES string of the molecule is Nc1ccc(CN2CCN(C(=O)C(c3ccccc3)c3ccccc3)CC2)cc1. The van der Waals surface area contributed by atoms with Crippen molar-refractivity contribution in [3.63, 3.8) is 0 Å². The van der Waals surface area contributed by atoms with E-state index in [1.165, 1.54) is 5.56 Å². The van der Waals surface area contributed by atoms with Gasteiger partial charge in [0.1, 0.15) is 0 Å². The van der Waals surface area contributed by atoms with Gasteiger partial charge in [0, 0.05) is 38.4 Å². The maximum atomic E-state index is 13.5. The first-order chi connectivity index (χ1) is 14.2. The zero-order valence-corrected chi connectivity index (χ0v) is 16.6. The molecule has 1 aliphatic rings. The van der Waals surface area contributed by atoms with Crippen LogP contribution in [0.1, 0.15) is 22.6 Å². The van der Waals surface area contributed by atoms with E-state index in [0.29, 0.717) is 0 Å². The van der Waals surface area contributed by atoms with E-state index in [1.54, 1.807) is 0 Å². The Bertz CT molecular complexity index is 878. The number of amides is 1. The second kappa shape index (κ2) is 8.93. The van der Waals surface area contributed by atoms with Gasteiger partial charge in [-0.3, -0.25) is 9.69 Å². The monoisotopic (exact) mass is 385 g/mol. The Labute approximate surface area is 172 Å². The molecule has 0 aliphatic carbocycles. The molecule has 1 heterocycles. The van der Waals surface area contributed by atoms with E-state index in [2.05, 4.69) is 17.0 Å². The van der Waals surface area contributed by atoms with Gasteiger partial charge in [0.2, 0.25) is 5.91 Å². The van der Waals surface area contributed by atoms with Gasteiger partial charge in [-0.15, -0.1) is 0 Å². The highest BCUT2D eigenvalue weighted by atomic mass is 16.2. The molecule has 29 heavy (non-hydrogen) atoms. The summed E-state index contributed by atoms with van der Waals surface area (Å²) in [5.41, 5.74) is 9.92. The Hall–Kier alpha value is -3.11. The zero-order chi connectivity index (χ0) is 20.1. The summed E-state index contributed by atoms with van der Waals surface area (Å²) >= 11 is 0. The molecule has 1 aliphatic heterocycles. The zero-order valence-electron chi connectivity index (χ0n) is 16.6. The van der Waals surface area contributed by atoms with Crippen LogP contribution in [0.2, 0.25) is 0 Å². The van der Waals surface area contributed by atoms with Gasteiger partial charge >= 0.3 is 0 Å². The molecule has 148 valence electrons. The minimum atomic E-state index is -0.249. The average Bonchev–Trinajstić information content (AvgIpc) is 2.77. The van der Waals surface area contributed by atoms with Crippen LogP contribution in [0.25, 0.3) is 0 Å². The molecule has 0 radical (unpaired) electrons. The lowest BCUT2D eigenvalue weighted by Crippen LogP contribution is -2.49. The molecule has 3 aromatic carbocycles.